The van der Waals surface area contributed by atoms with Gasteiger partial charge in [0.1, 0.15) is 5.82 Å². The van der Waals surface area contributed by atoms with Crippen LogP contribution in [-0.4, -0.2) is 36.0 Å². The van der Waals surface area contributed by atoms with Gasteiger partial charge < -0.3 is 10.2 Å². The summed E-state index contributed by atoms with van der Waals surface area (Å²) in [4.78, 5) is 15.1. The number of fused-ring (bicyclic) bond motifs is 1. The van der Waals surface area contributed by atoms with Crippen LogP contribution in [0.1, 0.15) is 56.4 Å². The average Bonchev–Trinajstić information content (AvgIpc) is 2.83. The molecule has 1 aromatic rings. The zero-order chi connectivity index (χ0) is 16.5. The van der Waals surface area contributed by atoms with Gasteiger partial charge in [0, 0.05) is 30.5 Å². The molecule has 3 nitrogen and oxygen atoms in total. The molecule has 0 spiro atoms. The molecule has 3 aliphatic rings. The molecule has 0 unspecified atom stereocenters. The van der Waals surface area contributed by atoms with Gasteiger partial charge in [0.25, 0.3) is 0 Å². The highest BCUT2D eigenvalue weighted by Crippen LogP contribution is 2.39. The highest BCUT2D eigenvalue weighted by Gasteiger charge is 2.46. The molecule has 1 N–H and O–H groups in total. The minimum Gasteiger partial charge on any atom is -0.337 e. The Morgan fingerprint density at radius 3 is 2.75 bits per heavy atom. The Hall–Kier alpha value is -1.42. The number of amides is 1. The van der Waals surface area contributed by atoms with Crippen LogP contribution < -0.4 is 5.32 Å². The lowest BCUT2D eigenvalue weighted by Gasteiger charge is -2.35. The molecule has 4 heteroatoms. The second-order valence-corrected chi connectivity index (χ2v) is 7.68. The molecule has 3 fully saturated rings. The van der Waals surface area contributed by atoms with E-state index < -0.39 is 0 Å². The van der Waals surface area contributed by atoms with E-state index >= 15 is 0 Å². The summed E-state index contributed by atoms with van der Waals surface area (Å²) in [5.41, 5.74) is 1.03. The van der Waals surface area contributed by atoms with Crippen molar-refractivity contribution in [3.05, 3.63) is 35.6 Å². The summed E-state index contributed by atoms with van der Waals surface area (Å²) in [6, 6.07) is 7.49. The van der Waals surface area contributed by atoms with Gasteiger partial charge in [0.15, 0.2) is 0 Å². The van der Waals surface area contributed by atoms with Crippen LogP contribution in [0.4, 0.5) is 4.39 Å². The summed E-state index contributed by atoms with van der Waals surface area (Å²) in [6.45, 7) is 1.74. The Balaban J connectivity index is 1.62. The van der Waals surface area contributed by atoms with E-state index in [1.807, 2.05) is 6.07 Å². The predicted molar refractivity (Wildman–Crippen MR) is 92.2 cm³/mol. The summed E-state index contributed by atoms with van der Waals surface area (Å²) < 4.78 is 13.7. The molecular weight excluding hydrogens is 303 g/mol. The van der Waals surface area contributed by atoms with Crippen molar-refractivity contribution >= 4 is 5.91 Å². The molecule has 1 amide bonds. The molecule has 24 heavy (non-hydrogen) atoms. The normalized spacial score (nSPS) is 31.0. The molecule has 2 aliphatic heterocycles. The zero-order valence-electron chi connectivity index (χ0n) is 14.2. The Bertz CT molecular complexity index is 601. The third kappa shape index (κ3) is 2.97. The smallest absolute Gasteiger partial charge is 0.226 e. The zero-order valence-corrected chi connectivity index (χ0v) is 14.2. The van der Waals surface area contributed by atoms with Gasteiger partial charge in [-0.05, 0) is 49.9 Å². The maximum Gasteiger partial charge on any atom is 0.226 e. The van der Waals surface area contributed by atoms with Crippen LogP contribution in [0.25, 0.3) is 0 Å². The number of hydrogen-bond donors (Lipinski definition) is 1. The molecule has 0 aromatic heterocycles. The lowest BCUT2D eigenvalue weighted by atomic mass is 9.84. The Morgan fingerprint density at radius 1 is 1.12 bits per heavy atom. The van der Waals surface area contributed by atoms with Crippen LogP contribution in [0.2, 0.25) is 0 Å². The second-order valence-electron chi connectivity index (χ2n) is 7.68. The van der Waals surface area contributed by atoms with Crippen molar-refractivity contribution in [3.63, 3.8) is 0 Å². The van der Waals surface area contributed by atoms with Crippen molar-refractivity contribution in [2.45, 2.75) is 62.9 Å². The first-order chi connectivity index (χ1) is 11.7. The fourth-order valence-electron chi connectivity index (χ4n) is 4.65. The summed E-state index contributed by atoms with van der Waals surface area (Å²) in [5.74, 6) is 0.603. The number of nitrogens with zero attached hydrogens (tertiary/aromatic N) is 1. The van der Waals surface area contributed by atoms with Gasteiger partial charge >= 0.3 is 0 Å². The van der Waals surface area contributed by atoms with E-state index in [4.69, 9.17) is 0 Å². The minimum atomic E-state index is -0.182. The van der Waals surface area contributed by atoms with Crippen molar-refractivity contribution in [2.75, 3.05) is 13.1 Å². The summed E-state index contributed by atoms with van der Waals surface area (Å²) in [6.07, 6.45) is 7.95. The highest BCUT2D eigenvalue weighted by molar-refractivity contribution is 5.80. The van der Waals surface area contributed by atoms with Gasteiger partial charge in [-0.1, -0.05) is 31.4 Å². The van der Waals surface area contributed by atoms with Crippen LogP contribution in [0.5, 0.6) is 0 Å². The number of hydrogen-bond acceptors (Lipinski definition) is 2. The van der Waals surface area contributed by atoms with E-state index in [-0.39, 0.29) is 29.7 Å². The number of halogens is 1. The maximum atomic E-state index is 13.7. The molecule has 0 radical (unpaired) electrons. The van der Waals surface area contributed by atoms with E-state index in [9.17, 15) is 9.18 Å². The summed E-state index contributed by atoms with van der Waals surface area (Å²) in [5, 5.41) is 3.70. The molecule has 130 valence electrons. The fraction of sp³-hybridized carbons (Fsp3) is 0.650. The van der Waals surface area contributed by atoms with Gasteiger partial charge in [-0.25, -0.2) is 4.39 Å². The average molecular weight is 330 g/mol. The number of likely N-dealkylation sites (tertiary alicyclic amines) is 1. The third-order valence-electron chi connectivity index (χ3n) is 6.21. The van der Waals surface area contributed by atoms with Crippen LogP contribution >= 0.6 is 0 Å². The van der Waals surface area contributed by atoms with E-state index in [2.05, 4.69) is 10.2 Å². The van der Waals surface area contributed by atoms with E-state index in [1.165, 1.54) is 31.7 Å². The Morgan fingerprint density at radius 2 is 2.00 bits per heavy atom. The highest BCUT2D eigenvalue weighted by atomic mass is 19.1. The fourth-order valence-corrected chi connectivity index (χ4v) is 4.65. The van der Waals surface area contributed by atoms with Gasteiger partial charge in [-0.2, -0.15) is 0 Å². The topological polar surface area (TPSA) is 32.3 Å². The van der Waals surface area contributed by atoms with Crippen molar-refractivity contribution in [3.8, 4) is 0 Å². The Kier molecular flexibility index (Phi) is 4.57. The van der Waals surface area contributed by atoms with E-state index in [0.29, 0.717) is 5.91 Å². The lowest BCUT2D eigenvalue weighted by Crippen LogP contribution is -2.49. The molecule has 2 saturated heterocycles. The standard InChI is InChI=1S/C20H27FN2O/c21-16-9-5-8-15(12-16)17-13-23(20(24)14-6-4-7-14)18-10-2-1-3-11-22-19(17)18/h5,8-9,12,14,17-19,22H,1-4,6-7,10-11,13H2/t17-,18+,19-/m0/s1. The quantitative estimate of drug-likeness (QED) is 0.901. The van der Waals surface area contributed by atoms with Gasteiger partial charge in [0.2, 0.25) is 5.91 Å². The first-order valence-electron chi connectivity index (χ1n) is 9.53. The first kappa shape index (κ1) is 16.1. The van der Waals surface area contributed by atoms with Crippen LogP contribution in [-0.2, 0) is 4.79 Å². The molecular formula is C20H27FN2O. The number of rotatable bonds is 2. The number of carbonyl (C=O) groups is 1. The maximum absolute atomic E-state index is 13.7. The van der Waals surface area contributed by atoms with Gasteiger partial charge in [-0.15, -0.1) is 0 Å². The lowest BCUT2D eigenvalue weighted by molar-refractivity contribution is -0.139. The Labute approximate surface area is 143 Å². The van der Waals surface area contributed by atoms with E-state index in [0.717, 1.165) is 37.9 Å². The molecule has 1 aromatic carbocycles. The third-order valence-corrected chi connectivity index (χ3v) is 6.21. The first-order valence-corrected chi connectivity index (χ1v) is 9.53. The predicted octanol–water partition coefficient (Wildman–Crippen LogP) is 3.45. The second kappa shape index (κ2) is 6.83. The number of carbonyl (C=O) groups excluding carboxylic acids is 1. The SMILES string of the molecule is O=C(C1CCC1)N1C[C@@H](c2cccc(F)c2)[C@@H]2NCCCCC[C@H]21. The molecule has 1 aliphatic carbocycles. The summed E-state index contributed by atoms with van der Waals surface area (Å²) >= 11 is 0. The van der Waals surface area contributed by atoms with Gasteiger partial charge in [-0.3, -0.25) is 4.79 Å². The molecule has 3 atom stereocenters. The largest absolute Gasteiger partial charge is 0.337 e. The van der Waals surface area contributed by atoms with Crippen LogP contribution in [0.15, 0.2) is 24.3 Å². The molecule has 1 saturated carbocycles. The molecule has 4 rings (SSSR count). The molecule has 0 bridgehead atoms. The van der Waals surface area contributed by atoms with Crippen molar-refractivity contribution in [1.82, 2.24) is 10.2 Å². The number of benzene rings is 1. The van der Waals surface area contributed by atoms with Crippen molar-refractivity contribution in [2.24, 2.45) is 5.92 Å². The van der Waals surface area contributed by atoms with Crippen molar-refractivity contribution < 1.29 is 9.18 Å². The van der Waals surface area contributed by atoms with Crippen LogP contribution in [0, 0.1) is 11.7 Å². The van der Waals surface area contributed by atoms with Gasteiger partial charge in [0.05, 0.1) is 0 Å². The summed E-state index contributed by atoms with van der Waals surface area (Å²) in [7, 11) is 0. The minimum absolute atomic E-state index is 0.182. The van der Waals surface area contributed by atoms with Crippen molar-refractivity contribution in [1.29, 1.82) is 0 Å². The monoisotopic (exact) mass is 330 g/mol. The molecule has 2 heterocycles. The van der Waals surface area contributed by atoms with E-state index in [1.54, 1.807) is 12.1 Å². The van der Waals surface area contributed by atoms with Crippen LogP contribution in [0.3, 0.4) is 0 Å². The number of nitrogens with one attached hydrogen (secondary N) is 1.